The van der Waals surface area contributed by atoms with Crippen LogP contribution in [0.25, 0.3) is 0 Å². The van der Waals surface area contributed by atoms with Crippen molar-refractivity contribution in [3.05, 3.63) is 29.8 Å². The Hall–Kier alpha value is -2.04. The second kappa shape index (κ2) is 6.41. The largest absolute Gasteiger partial charge is 0.385 e. The Morgan fingerprint density at radius 3 is 2.90 bits per heavy atom. The summed E-state index contributed by atoms with van der Waals surface area (Å²) in [5.74, 6) is -0.313. The monoisotopic (exact) mass is 275 g/mol. The van der Waals surface area contributed by atoms with Gasteiger partial charge in [0.05, 0.1) is 12.5 Å². The van der Waals surface area contributed by atoms with Crippen LogP contribution in [-0.4, -0.2) is 43.4 Å². The smallest absolute Gasteiger partial charge is 0.241 e. The fourth-order valence-corrected chi connectivity index (χ4v) is 2.34. The number of likely N-dealkylation sites (N-methyl/N-ethyl adjacent to an activating group) is 1. The lowest BCUT2D eigenvalue weighted by atomic mass is 9.90. The van der Waals surface area contributed by atoms with Crippen LogP contribution < -0.4 is 10.6 Å². The lowest BCUT2D eigenvalue weighted by molar-refractivity contribution is -0.132. The minimum atomic E-state index is -0.174. The van der Waals surface area contributed by atoms with Crippen molar-refractivity contribution in [3.63, 3.8) is 0 Å². The van der Waals surface area contributed by atoms with Gasteiger partial charge in [-0.1, -0.05) is 18.2 Å². The first-order chi connectivity index (χ1) is 9.63. The molecule has 2 amide bonds. The van der Waals surface area contributed by atoms with Crippen LogP contribution in [0, 0.1) is 0 Å². The van der Waals surface area contributed by atoms with Crippen molar-refractivity contribution in [2.24, 2.45) is 0 Å². The highest BCUT2D eigenvalue weighted by Crippen LogP contribution is 2.31. The van der Waals surface area contributed by atoms with Crippen molar-refractivity contribution in [3.8, 4) is 0 Å². The highest BCUT2D eigenvalue weighted by molar-refractivity contribution is 5.90. The summed E-state index contributed by atoms with van der Waals surface area (Å²) in [6.07, 6.45) is 0.751. The fourth-order valence-electron chi connectivity index (χ4n) is 2.34. The van der Waals surface area contributed by atoms with Crippen molar-refractivity contribution in [2.75, 3.05) is 32.0 Å². The summed E-state index contributed by atoms with van der Waals surface area (Å²) in [6.45, 7) is 3.39. The Morgan fingerprint density at radius 2 is 2.15 bits per heavy atom. The van der Waals surface area contributed by atoms with E-state index < -0.39 is 0 Å². The summed E-state index contributed by atoms with van der Waals surface area (Å²) in [4.78, 5) is 25.6. The minimum absolute atomic E-state index is 0.0648. The maximum Gasteiger partial charge on any atom is 0.241 e. The molecule has 0 saturated carbocycles. The highest BCUT2D eigenvalue weighted by atomic mass is 16.2. The predicted molar refractivity (Wildman–Crippen MR) is 78.6 cm³/mol. The quantitative estimate of drug-likeness (QED) is 0.867. The van der Waals surface area contributed by atoms with Gasteiger partial charge in [0.2, 0.25) is 11.8 Å². The summed E-state index contributed by atoms with van der Waals surface area (Å²) >= 11 is 0. The minimum Gasteiger partial charge on any atom is -0.385 e. The van der Waals surface area contributed by atoms with E-state index in [0.717, 1.165) is 24.2 Å². The number of hydrogen-bond acceptors (Lipinski definition) is 3. The number of carbonyl (C=O) groups is 2. The van der Waals surface area contributed by atoms with Crippen LogP contribution in [0.3, 0.4) is 0 Å². The zero-order valence-corrected chi connectivity index (χ0v) is 12.0. The molecule has 0 aliphatic carbocycles. The molecule has 0 fully saturated rings. The van der Waals surface area contributed by atoms with E-state index in [1.54, 1.807) is 11.9 Å². The average molecular weight is 275 g/mol. The summed E-state index contributed by atoms with van der Waals surface area (Å²) in [6, 6.07) is 7.82. The van der Waals surface area contributed by atoms with E-state index in [-0.39, 0.29) is 24.3 Å². The molecule has 0 radical (unpaired) electrons. The van der Waals surface area contributed by atoms with Crippen molar-refractivity contribution in [1.29, 1.82) is 0 Å². The Bertz CT molecular complexity index is 502. The highest BCUT2D eigenvalue weighted by Gasteiger charge is 2.26. The number of anilines is 1. The molecule has 0 bridgehead atoms. The van der Waals surface area contributed by atoms with Gasteiger partial charge in [0, 0.05) is 25.8 Å². The lowest BCUT2D eigenvalue weighted by Crippen LogP contribution is -2.40. The molecule has 2 rings (SSSR count). The van der Waals surface area contributed by atoms with Gasteiger partial charge in [0.25, 0.3) is 0 Å². The topological polar surface area (TPSA) is 61.4 Å². The predicted octanol–water partition coefficient (Wildman–Crippen LogP) is 1.18. The molecule has 1 aromatic rings. The van der Waals surface area contributed by atoms with E-state index in [1.165, 1.54) is 0 Å². The third kappa shape index (κ3) is 3.10. The van der Waals surface area contributed by atoms with Gasteiger partial charge in [0.15, 0.2) is 0 Å². The summed E-state index contributed by atoms with van der Waals surface area (Å²) in [5.41, 5.74) is 2.02. The first-order valence-corrected chi connectivity index (χ1v) is 6.98. The third-order valence-electron chi connectivity index (χ3n) is 3.72. The first-order valence-electron chi connectivity index (χ1n) is 6.98. The molecular formula is C15H21N3O2. The molecule has 0 aromatic heterocycles. The summed E-state index contributed by atoms with van der Waals surface area (Å²) in [5, 5.41) is 6.03. The molecule has 5 heteroatoms. The van der Waals surface area contributed by atoms with E-state index in [1.807, 2.05) is 31.2 Å². The molecule has 1 atom stereocenters. The number of rotatable bonds is 4. The van der Waals surface area contributed by atoms with Gasteiger partial charge in [-0.15, -0.1) is 0 Å². The van der Waals surface area contributed by atoms with Gasteiger partial charge in [-0.05, 0) is 25.0 Å². The maximum absolute atomic E-state index is 12.3. The van der Waals surface area contributed by atoms with Crippen LogP contribution in [0.4, 0.5) is 5.69 Å². The molecule has 0 spiro atoms. The standard InChI is InChI=1S/C15H21N3O2/c1-3-18(2)14(19)10-17-15(20)12-8-9-16-13-7-5-4-6-11(12)13/h4-7,12,16H,3,8-10H2,1-2H3,(H,17,20). The second-order valence-electron chi connectivity index (χ2n) is 4.98. The number of para-hydroxylation sites is 1. The average Bonchev–Trinajstić information content (AvgIpc) is 2.50. The van der Waals surface area contributed by atoms with E-state index in [0.29, 0.717) is 6.54 Å². The summed E-state index contributed by atoms with van der Waals surface area (Å²) < 4.78 is 0. The number of benzene rings is 1. The van der Waals surface area contributed by atoms with E-state index >= 15 is 0 Å². The van der Waals surface area contributed by atoms with Crippen molar-refractivity contribution >= 4 is 17.5 Å². The van der Waals surface area contributed by atoms with E-state index in [4.69, 9.17) is 0 Å². The van der Waals surface area contributed by atoms with Gasteiger partial charge < -0.3 is 15.5 Å². The van der Waals surface area contributed by atoms with Gasteiger partial charge in [-0.25, -0.2) is 0 Å². The third-order valence-corrected chi connectivity index (χ3v) is 3.72. The normalized spacial score (nSPS) is 16.8. The molecule has 1 heterocycles. The van der Waals surface area contributed by atoms with E-state index in [9.17, 15) is 9.59 Å². The lowest BCUT2D eigenvalue weighted by Gasteiger charge is -2.26. The SMILES string of the molecule is CCN(C)C(=O)CNC(=O)C1CCNc2ccccc21. The number of fused-ring (bicyclic) bond motifs is 1. The van der Waals surface area contributed by atoms with Crippen LogP contribution in [0.15, 0.2) is 24.3 Å². The van der Waals surface area contributed by atoms with Gasteiger partial charge in [-0.3, -0.25) is 9.59 Å². The number of nitrogens with zero attached hydrogens (tertiary/aromatic N) is 1. The zero-order chi connectivity index (χ0) is 14.5. The molecule has 0 saturated heterocycles. The number of hydrogen-bond donors (Lipinski definition) is 2. The summed E-state index contributed by atoms with van der Waals surface area (Å²) in [7, 11) is 1.73. The van der Waals surface area contributed by atoms with Gasteiger partial charge in [-0.2, -0.15) is 0 Å². The van der Waals surface area contributed by atoms with Crippen LogP contribution in [0.1, 0.15) is 24.8 Å². The Kier molecular flexibility index (Phi) is 4.61. The Labute approximate surface area is 119 Å². The van der Waals surface area contributed by atoms with Gasteiger partial charge in [0.1, 0.15) is 0 Å². The van der Waals surface area contributed by atoms with Crippen LogP contribution in [0.2, 0.25) is 0 Å². The van der Waals surface area contributed by atoms with Crippen molar-refractivity contribution in [1.82, 2.24) is 10.2 Å². The maximum atomic E-state index is 12.3. The first kappa shape index (κ1) is 14.4. The fraction of sp³-hybridized carbons (Fsp3) is 0.467. The van der Waals surface area contributed by atoms with Crippen LogP contribution >= 0.6 is 0 Å². The molecular weight excluding hydrogens is 254 g/mol. The van der Waals surface area contributed by atoms with Crippen molar-refractivity contribution < 1.29 is 9.59 Å². The van der Waals surface area contributed by atoms with E-state index in [2.05, 4.69) is 10.6 Å². The van der Waals surface area contributed by atoms with Crippen LogP contribution in [0.5, 0.6) is 0 Å². The molecule has 2 N–H and O–H groups in total. The van der Waals surface area contributed by atoms with Gasteiger partial charge >= 0.3 is 0 Å². The molecule has 1 aliphatic heterocycles. The number of carbonyl (C=O) groups excluding carboxylic acids is 2. The second-order valence-corrected chi connectivity index (χ2v) is 4.98. The van der Waals surface area contributed by atoms with Crippen LogP contribution in [-0.2, 0) is 9.59 Å². The molecule has 1 aromatic carbocycles. The van der Waals surface area contributed by atoms with Crippen molar-refractivity contribution in [2.45, 2.75) is 19.3 Å². The molecule has 108 valence electrons. The molecule has 5 nitrogen and oxygen atoms in total. The Balaban J connectivity index is 1.99. The number of nitrogens with one attached hydrogen (secondary N) is 2. The molecule has 1 aliphatic rings. The molecule has 1 unspecified atom stereocenters. The Morgan fingerprint density at radius 1 is 1.40 bits per heavy atom. The number of amides is 2. The zero-order valence-electron chi connectivity index (χ0n) is 12.0. The molecule has 20 heavy (non-hydrogen) atoms.